The average Bonchev–Trinajstić information content (AvgIpc) is 2.92. The lowest BCUT2D eigenvalue weighted by molar-refractivity contribution is -0.141. The van der Waals surface area contributed by atoms with E-state index in [1.54, 1.807) is 32.9 Å². The number of aliphatic hydroxyl groups excluding tert-OH is 1. The topological polar surface area (TPSA) is 108 Å². The molecule has 40 heavy (non-hydrogen) atoms. The molecule has 0 aliphatic rings. The highest BCUT2D eigenvalue weighted by Crippen LogP contribution is 2.26. The lowest BCUT2D eigenvalue weighted by atomic mass is 10.0. The summed E-state index contributed by atoms with van der Waals surface area (Å²) in [7, 11) is 0. The molecule has 3 rings (SSSR count). The van der Waals surface area contributed by atoms with Crippen LogP contribution in [-0.4, -0.2) is 52.7 Å². The van der Waals surface area contributed by atoms with E-state index in [0.29, 0.717) is 17.7 Å². The number of ether oxygens (including phenoxy) is 1. The molecule has 0 aliphatic carbocycles. The molecule has 2 atom stereocenters. The van der Waals surface area contributed by atoms with Gasteiger partial charge in [0.1, 0.15) is 17.7 Å². The summed E-state index contributed by atoms with van der Waals surface area (Å²) in [6.07, 6.45) is 2.72. The van der Waals surface area contributed by atoms with Crippen molar-refractivity contribution < 1.29 is 24.2 Å². The van der Waals surface area contributed by atoms with Gasteiger partial charge in [-0.3, -0.25) is 9.59 Å². The largest absolute Gasteiger partial charge is 0.444 e. The molecule has 3 N–H and O–H groups in total. The van der Waals surface area contributed by atoms with E-state index in [9.17, 15) is 19.5 Å². The highest BCUT2D eigenvalue weighted by Gasteiger charge is 2.36. The van der Waals surface area contributed by atoms with Gasteiger partial charge in [-0.05, 0) is 55.7 Å². The van der Waals surface area contributed by atoms with E-state index in [4.69, 9.17) is 4.74 Å². The number of rotatable bonds is 12. The highest BCUT2D eigenvalue weighted by molar-refractivity contribution is 6.00. The van der Waals surface area contributed by atoms with Gasteiger partial charge in [-0.25, -0.2) is 4.79 Å². The third-order valence-corrected chi connectivity index (χ3v) is 6.40. The van der Waals surface area contributed by atoms with Gasteiger partial charge in [0.15, 0.2) is 0 Å². The van der Waals surface area contributed by atoms with E-state index < -0.39 is 36.3 Å². The fourth-order valence-electron chi connectivity index (χ4n) is 4.50. The van der Waals surface area contributed by atoms with Gasteiger partial charge in [-0.2, -0.15) is 0 Å². The van der Waals surface area contributed by atoms with E-state index in [1.807, 2.05) is 60.7 Å². The number of amides is 3. The Labute approximate surface area is 236 Å². The zero-order valence-corrected chi connectivity index (χ0v) is 23.9. The van der Waals surface area contributed by atoms with Crippen LogP contribution >= 0.6 is 0 Å². The molecule has 2 unspecified atom stereocenters. The van der Waals surface area contributed by atoms with Crippen LogP contribution in [0.15, 0.2) is 72.8 Å². The Hall–Kier alpha value is -3.91. The van der Waals surface area contributed by atoms with Crippen molar-refractivity contribution >= 4 is 34.4 Å². The summed E-state index contributed by atoms with van der Waals surface area (Å²) in [6.45, 7) is 6.87. The van der Waals surface area contributed by atoms with Gasteiger partial charge < -0.3 is 25.4 Å². The molecule has 3 aromatic rings. The fourth-order valence-corrected chi connectivity index (χ4v) is 4.50. The summed E-state index contributed by atoms with van der Waals surface area (Å²) in [5.74, 6) is -0.952. The minimum atomic E-state index is -1.28. The van der Waals surface area contributed by atoms with Gasteiger partial charge in [-0.15, -0.1) is 0 Å². The number of unbranched alkanes of at least 4 members (excludes halogenated alkanes) is 3. The predicted molar refractivity (Wildman–Crippen MR) is 158 cm³/mol. The zero-order chi connectivity index (χ0) is 29.1. The lowest BCUT2D eigenvalue weighted by Crippen LogP contribution is -2.54. The van der Waals surface area contributed by atoms with Crippen LogP contribution in [0, 0.1) is 0 Å². The molecular weight excluding hydrogens is 506 g/mol. The van der Waals surface area contributed by atoms with Gasteiger partial charge in [0.2, 0.25) is 5.91 Å². The molecule has 0 radical (unpaired) electrons. The summed E-state index contributed by atoms with van der Waals surface area (Å²) in [4.78, 5) is 41.8. The molecule has 0 spiro atoms. The van der Waals surface area contributed by atoms with E-state index >= 15 is 0 Å². The maximum absolute atomic E-state index is 13.9. The normalized spacial score (nSPS) is 12.8. The second-order valence-electron chi connectivity index (χ2n) is 10.8. The maximum atomic E-state index is 13.9. The van der Waals surface area contributed by atoms with Gasteiger partial charge >= 0.3 is 6.09 Å². The van der Waals surface area contributed by atoms with Crippen molar-refractivity contribution in [1.82, 2.24) is 10.2 Å². The molecule has 0 aliphatic heterocycles. The Morgan fingerprint density at radius 2 is 1.57 bits per heavy atom. The first-order valence-corrected chi connectivity index (χ1v) is 13.9. The highest BCUT2D eigenvalue weighted by atomic mass is 16.6. The van der Waals surface area contributed by atoms with Gasteiger partial charge in [0, 0.05) is 12.2 Å². The minimum Gasteiger partial charge on any atom is -0.444 e. The monoisotopic (exact) mass is 547 g/mol. The van der Waals surface area contributed by atoms with Gasteiger partial charge in [-0.1, -0.05) is 86.8 Å². The molecular formula is C32H41N3O5. The molecule has 0 fully saturated rings. The van der Waals surface area contributed by atoms with Crippen LogP contribution in [0.25, 0.3) is 10.8 Å². The van der Waals surface area contributed by atoms with Crippen molar-refractivity contribution in [2.24, 2.45) is 0 Å². The molecule has 0 aromatic heterocycles. The molecule has 3 aromatic carbocycles. The van der Waals surface area contributed by atoms with Crippen molar-refractivity contribution in [2.45, 2.75) is 71.1 Å². The van der Waals surface area contributed by atoms with Crippen LogP contribution in [0.2, 0.25) is 0 Å². The summed E-state index contributed by atoms with van der Waals surface area (Å²) >= 11 is 0. The van der Waals surface area contributed by atoms with Crippen molar-refractivity contribution in [1.29, 1.82) is 0 Å². The van der Waals surface area contributed by atoms with Crippen LogP contribution < -0.4 is 10.6 Å². The second-order valence-corrected chi connectivity index (χ2v) is 10.8. The number of fused-ring (bicyclic) bond motifs is 1. The SMILES string of the molecule is CCCCCCN(C(=O)C(CO)NC(=O)OC(C)(C)C)C(C(=O)Nc1ccc2ccccc2c1)c1ccccc1. The number of aliphatic hydroxyl groups is 1. The third kappa shape index (κ3) is 8.81. The number of nitrogens with zero attached hydrogens (tertiary/aromatic N) is 1. The Balaban J connectivity index is 1.95. The molecule has 8 nitrogen and oxygen atoms in total. The second kappa shape index (κ2) is 14.5. The molecule has 0 saturated heterocycles. The van der Waals surface area contributed by atoms with E-state index in [0.717, 1.165) is 30.0 Å². The molecule has 0 heterocycles. The molecule has 0 bridgehead atoms. The number of anilines is 1. The molecule has 214 valence electrons. The van der Waals surface area contributed by atoms with E-state index in [2.05, 4.69) is 17.6 Å². The van der Waals surface area contributed by atoms with Crippen molar-refractivity contribution in [3.63, 3.8) is 0 Å². The van der Waals surface area contributed by atoms with Crippen molar-refractivity contribution in [3.8, 4) is 0 Å². The maximum Gasteiger partial charge on any atom is 0.408 e. The van der Waals surface area contributed by atoms with Crippen LogP contribution in [0.4, 0.5) is 10.5 Å². The quantitative estimate of drug-likeness (QED) is 0.248. The van der Waals surface area contributed by atoms with Gasteiger partial charge in [0.25, 0.3) is 5.91 Å². The Kier molecular flexibility index (Phi) is 11.1. The standard InChI is InChI=1S/C32H41N3O5/c1-5-6-7-13-20-35(30(38)27(22-36)34-31(39)40-32(2,3)4)28(24-15-9-8-10-16-24)29(37)33-26-19-18-23-14-11-12-17-25(23)21-26/h8-12,14-19,21,27-28,36H,5-7,13,20,22H2,1-4H3,(H,33,37)(H,34,39). The van der Waals surface area contributed by atoms with Crippen LogP contribution in [0.5, 0.6) is 0 Å². The number of carbonyl (C=O) groups excluding carboxylic acids is 3. The number of hydrogen-bond donors (Lipinski definition) is 3. The number of nitrogens with one attached hydrogen (secondary N) is 2. The van der Waals surface area contributed by atoms with E-state index in [-0.39, 0.29) is 12.5 Å². The zero-order valence-electron chi connectivity index (χ0n) is 23.9. The van der Waals surface area contributed by atoms with Crippen molar-refractivity contribution in [2.75, 3.05) is 18.5 Å². The van der Waals surface area contributed by atoms with Crippen LogP contribution in [0.1, 0.15) is 65.0 Å². The average molecular weight is 548 g/mol. The summed E-state index contributed by atoms with van der Waals surface area (Å²) in [5, 5.41) is 17.6. The molecule has 3 amide bonds. The smallest absolute Gasteiger partial charge is 0.408 e. The van der Waals surface area contributed by atoms with Crippen LogP contribution in [-0.2, 0) is 14.3 Å². The Morgan fingerprint density at radius 1 is 0.900 bits per heavy atom. The number of carbonyl (C=O) groups is 3. The molecule has 8 heteroatoms. The first kappa shape index (κ1) is 30.6. The Bertz CT molecular complexity index is 1270. The Morgan fingerprint density at radius 3 is 2.23 bits per heavy atom. The van der Waals surface area contributed by atoms with Crippen LogP contribution in [0.3, 0.4) is 0 Å². The van der Waals surface area contributed by atoms with Crippen molar-refractivity contribution in [3.05, 3.63) is 78.4 Å². The van der Waals surface area contributed by atoms with E-state index in [1.165, 1.54) is 4.90 Å². The summed E-state index contributed by atoms with van der Waals surface area (Å²) in [5.41, 5.74) is 0.450. The fraction of sp³-hybridized carbons (Fsp3) is 0.406. The van der Waals surface area contributed by atoms with Gasteiger partial charge in [0.05, 0.1) is 6.61 Å². The summed E-state index contributed by atoms with van der Waals surface area (Å²) in [6, 6.07) is 20.3. The first-order chi connectivity index (χ1) is 19.1. The number of benzene rings is 3. The minimum absolute atomic E-state index is 0.274. The summed E-state index contributed by atoms with van der Waals surface area (Å²) < 4.78 is 5.31. The predicted octanol–water partition coefficient (Wildman–Crippen LogP) is 5.81. The number of hydrogen-bond acceptors (Lipinski definition) is 5. The first-order valence-electron chi connectivity index (χ1n) is 13.9. The lowest BCUT2D eigenvalue weighted by Gasteiger charge is -2.34. The molecule has 0 saturated carbocycles. The third-order valence-electron chi connectivity index (χ3n) is 6.40. The number of alkyl carbamates (subject to hydrolysis) is 1.